The zero-order chi connectivity index (χ0) is 29.4. The van der Waals surface area contributed by atoms with E-state index < -0.39 is 11.9 Å². The summed E-state index contributed by atoms with van der Waals surface area (Å²) in [6, 6.07) is 18.6. The van der Waals surface area contributed by atoms with E-state index in [9.17, 15) is 0 Å². The molecule has 0 saturated carbocycles. The van der Waals surface area contributed by atoms with Crippen LogP contribution in [0.2, 0.25) is 0 Å². The topological polar surface area (TPSA) is 181 Å². The van der Waals surface area contributed by atoms with Crippen molar-refractivity contribution in [1.82, 2.24) is 25.1 Å². The molecule has 0 atom stereocenters. The second-order valence-corrected chi connectivity index (χ2v) is 9.45. The van der Waals surface area contributed by atoms with Gasteiger partial charge in [0.1, 0.15) is 29.2 Å². The minimum Gasteiger partial charge on any atom is -0.481 e. The molecule has 1 saturated heterocycles. The summed E-state index contributed by atoms with van der Waals surface area (Å²) >= 11 is 0. The highest BCUT2D eigenvalue weighted by atomic mass is 16.4. The first-order chi connectivity index (χ1) is 19.7. The number of carboxylic acids is 2. The van der Waals surface area contributed by atoms with Gasteiger partial charge in [0.15, 0.2) is 5.65 Å². The number of hydrogen-bond acceptors (Lipinski definition) is 9. The fourth-order valence-corrected chi connectivity index (χ4v) is 4.56. The van der Waals surface area contributed by atoms with Gasteiger partial charge in [0.25, 0.3) is 11.9 Å². The van der Waals surface area contributed by atoms with E-state index in [1.54, 1.807) is 0 Å². The molecule has 0 radical (unpaired) electrons. The molecule has 0 unspecified atom stereocenters. The van der Waals surface area contributed by atoms with E-state index in [1.165, 1.54) is 6.33 Å². The Hall–Kier alpha value is -4.97. The number of nitrogen functional groups attached to an aromatic ring is 1. The first-order valence-electron chi connectivity index (χ1n) is 13.1. The molecule has 214 valence electrons. The van der Waals surface area contributed by atoms with E-state index in [1.807, 2.05) is 35.0 Å². The largest absolute Gasteiger partial charge is 0.481 e. The summed E-state index contributed by atoms with van der Waals surface area (Å²) in [5.74, 6) is -0.306. The summed E-state index contributed by atoms with van der Waals surface area (Å²) in [6.07, 6.45) is 3.56. The Balaban J connectivity index is 0.000000432. The first-order valence-corrected chi connectivity index (χ1v) is 13.1. The fourth-order valence-electron chi connectivity index (χ4n) is 4.56. The van der Waals surface area contributed by atoms with Crippen LogP contribution in [0.25, 0.3) is 33.3 Å². The van der Waals surface area contributed by atoms with Gasteiger partial charge in [-0.25, -0.2) is 14.6 Å². The molecule has 0 bridgehead atoms. The maximum absolute atomic E-state index is 9.00. The van der Waals surface area contributed by atoms with Gasteiger partial charge < -0.3 is 31.0 Å². The van der Waals surface area contributed by atoms with Crippen molar-refractivity contribution in [3.05, 3.63) is 66.7 Å². The summed E-state index contributed by atoms with van der Waals surface area (Å²) in [7, 11) is 0. The van der Waals surface area contributed by atoms with Gasteiger partial charge >= 0.3 is 0 Å². The van der Waals surface area contributed by atoms with Crippen LogP contribution < -0.4 is 16.4 Å². The number of piperidine rings is 1. The number of para-hydroxylation sites is 1. The minimum atomic E-state index is -0.833. The third-order valence-corrected chi connectivity index (χ3v) is 6.27. The molecule has 1 aliphatic heterocycles. The van der Waals surface area contributed by atoms with Gasteiger partial charge in [-0.05, 0) is 50.2 Å². The lowest BCUT2D eigenvalue weighted by Gasteiger charge is -2.23. The van der Waals surface area contributed by atoms with E-state index >= 15 is 0 Å². The van der Waals surface area contributed by atoms with Crippen LogP contribution in [0.1, 0.15) is 38.5 Å². The van der Waals surface area contributed by atoms with E-state index in [2.05, 4.69) is 44.9 Å². The maximum Gasteiger partial charge on any atom is 0.300 e. The summed E-state index contributed by atoms with van der Waals surface area (Å²) in [6.45, 7) is 4.74. The van der Waals surface area contributed by atoms with Crippen LogP contribution in [0.4, 0.5) is 11.5 Å². The first kappa shape index (κ1) is 29.0. The Kier molecular flexibility index (Phi) is 9.48. The van der Waals surface area contributed by atoms with E-state index in [0.717, 1.165) is 84.5 Å². The van der Waals surface area contributed by atoms with Crippen molar-refractivity contribution in [2.45, 2.75) is 39.3 Å². The van der Waals surface area contributed by atoms with Crippen LogP contribution in [-0.4, -0.2) is 55.0 Å². The normalized spacial score (nSPS) is 13.1. The Morgan fingerprint density at radius 2 is 1.71 bits per heavy atom. The lowest BCUT2D eigenvalue weighted by molar-refractivity contribution is -0.135. The average molecular weight is 560 g/mol. The molecule has 1 aliphatic rings. The third kappa shape index (κ3) is 7.57. The van der Waals surface area contributed by atoms with Gasteiger partial charge in [-0.15, -0.1) is 0 Å². The quantitative estimate of drug-likeness (QED) is 0.204. The number of aliphatic carboxylic acids is 2. The number of aromatic nitrogens is 4. The molecular weight excluding hydrogens is 526 g/mol. The number of anilines is 2. The zero-order valence-corrected chi connectivity index (χ0v) is 22.9. The number of nitrogens with zero attached hydrogens (tertiary/aromatic N) is 4. The molecule has 12 nitrogen and oxygen atoms in total. The van der Waals surface area contributed by atoms with Crippen LogP contribution in [-0.2, 0) is 16.1 Å². The minimum absolute atomic E-state index is 0.307. The monoisotopic (exact) mass is 559 g/mol. The van der Waals surface area contributed by atoms with Crippen molar-refractivity contribution in [2.24, 2.45) is 0 Å². The molecule has 1 fully saturated rings. The third-order valence-electron chi connectivity index (χ3n) is 6.27. The smallest absolute Gasteiger partial charge is 0.300 e. The average Bonchev–Trinajstić information content (AvgIpc) is 3.55. The number of nitrogens with one attached hydrogen (secondary N) is 2. The number of carbonyl (C=O) groups is 2. The molecule has 6 N–H and O–H groups in total. The summed E-state index contributed by atoms with van der Waals surface area (Å²) in [5.41, 5.74) is 10.8. The molecule has 41 heavy (non-hydrogen) atoms. The van der Waals surface area contributed by atoms with Gasteiger partial charge in [0, 0.05) is 30.5 Å². The van der Waals surface area contributed by atoms with Gasteiger partial charge in [-0.1, -0.05) is 30.3 Å². The molecule has 0 aliphatic carbocycles. The van der Waals surface area contributed by atoms with Crippen molar-refractivity contribution in [2.75, 3.05) is 24.1 Å². The number of fused-ring (bicyclic) bond motifs is 2. The second kappa shape index (κ2) is 13.4. The molecule has 5 aromatic rings. The van der Waals surface area contributed by atoms with Crippen molar-refractivity contribution < 1.29 is 24.2 Å². The Morgan fingerprint density at radius 1 is 1.05 bits per heavy atom. The highest BCUT2D eigenvalue weighted by Gasteiger charge is 2.23. The number of hydrogen-bond donors (Lipinski definition) is 5. The van der Waals surface area contributed by atoms with Crippen LogP contribution in [0, 0.1) is 0 Å². The molecule has 0 spiro atoms. The number of benzene rings is 2. The lowest BCUT2D eigenvalue weighted by Crippen LogP contribution is -2.30. The molecule has 4 heterocycles. The second-order valence-electron chi connectivity index (χ2n) is 9.45. The lowest BCUT2D eigenvalue weighted by atomic mass is 10.1. The predicted octanol–water partition coefficient (Wildman–Crippen LogP) is 4.54. The summed E-state index contributed by atoms with van der Waals surface area (Å²) in [4.78, 5) is 26.8. The van der Waals surface area contributed by atoms with Crippen LogP contribution in [0.15, 0.2) is 65.3 Å². The summed E-state index contributed by atoms with van der Waals surface area (Å²) in [5, 5.41) is 28.6. The zero-order valence-electron chi connectivity index (χ0n) is 22.9. The standard InChI is InChI=1S/C25H25N7O.2C2H4O2/c26-24-22-23(31-32(25(22)30-15-29-24)19-9-11-27-12-10-19)16-5-7-18(8-6-16)28-14-20-13-17-3-1-2-4-21(17)33-20;2*1-2(3)4/h1-8,13,15,19,27-28H,9-12,14H2,(H2,26,29,30);2*1H3,(H,3,4). The highest BCUT2D eigenvalue weighted by Crippen LogP contribution is 2.34. The highest BCUT2D eigenvalue weighted by molar-refractivity contribution is 5.98. The Morgan fingerprint density at radius 3 is 2.37 bits per heavy atom. The summed E-state index contributed by atoms with van der Waals surface area (Å²) < 4.78 is 7.94. The van der Waals surface area contributed by atoms with Gasteiger partial charge in [0.2, 0.25) is 0 Å². The number of carboxylic acid groups (broad SMARTS) is 2. The van der Waals surface area contributed by atoms with Crippen molar-refractivity contribution in [1.29, 1.82) is 0 Å². The van der Waals surface area contributed by atoms with Crippen molar-refractivity contribution in [3.8, 4) is 11.3 Å². The van der Waals surface area contributed by atoms with Gasteiger partial charge in [0.05, 0.1) is 18.0 Å². The van der Waals surface area contributed by atoms with E-state index in [-0.39, 0.29) is 0 Å². The van der Waals surface area contributed by atoms with Gasteiger partial charge in [-0.3, -0.25) is 9.59 Å². The van der Waals surface area contributed by atoms with E-state index in [0.29, 0.717) is 18.4 Å². The van der Waals surface area contributed by atoms with Crippen LogP contribution in [0.3, 0.4) is 0 Å². The number of rotatable bonds is 5. The van der Waals surface area contributed by atoms with Gasteiger partial charge in [-0.2, -0.15) is 5.10 Å². The van der Waals surface area contributed by atoms with Crippen LogP contribution in [0.5, 0.6) is 0 Å². The van der Waals surface area contributed by atoms with Crippen LogP contribution >= 0.6 is 0 Å². The fraction of sp³-hybridized carbons (Fsp3) is 0.276. The Labute approximate surface area is 236 Å². The Bertz CT molecular complexity index is 1570. The molecule has 12 heteroatoms. The molecule has 6 rings (SSSR count). The van der Waals surface area contributed by atoms with E-state index in [4.69, 9.17) is 35.1 Å². The SMILES string of the molecule is CC(=O)O.CC(=O)O.Nc1ncnc2c1c(-c1ccc(NCc3cc4ccccc4o3)cc1)nn2C1CCNCC1. The molecule has 0 amide bonds. The molecule has 3 aromatic heterocycles. The molecular formula is C29H33N7O5. The maximum atomic E-state index is 9.00. The predicted molar refractivity (Wildman–Crippen MR) is 156 cm³/mol. The van der Waals surface area contributed by atoms with Crippen molar-refractivity contribution in [3.63, 3.8) is 0 Å². The van der Waals surface area contributed by atoms with Crippen molar-refractivity contribution >= 4 is 45.4 Å². The number of nitrogens with two attached hydrogens (primary N) is 1. The number of furan rings is 1. The molecule has 2 aromatic carbocycles.